The highest BCUT2D eigenvalue weighted by Gasteiger charge is 2.21. The van der Waals surface area contributed by atoms with E-state index in [1.165, 1.54) is 0 Å². The molecule has 1 fully saturated rings. The summed E-state index contributed by atoms with van der Waals surface area (Å²) < 4.78 is 5.16. The van der Waals surface area contributed by atoms with Crippen molar-refractivity contribution >= 4 is 0 Å². The summed E-state index contributed by atoms with van der Waals surface area (Å²) >= 11 is 0. The van der Waals surface area contributed by atoms with Crippen molar-refractivity contribution in [2.45, 2.75) is 19.3 Å². The zero-order chi connectivity index (χ0) is 10.8. The molecule has 0 aromatic heterocycles. The minimum Gasteiger partial charge on any atom is -0.504 e. The van der Waals surface area contributed by atoms with E-state index in [4.69, 9.17) is 4.74 Å². The molecule has 0 spiro atoms. The third kappa shape index (κ3) is 1.92. The lowest BCUT2D eigenvalue weighted by Crippen LogP contribution is -2.08. The lowest BCUT2D eigenvalue weighted by molar-refractivity contribution is 0.368. The highest BCUT2D eigenvalue weighted by molar-refractivity contribution is 5.50. The van der Waals surface area contributed by atoms with Gasteiger partial charge in [0.1, 0.15) is 0 Å². The molecule has 3 nitrogen and oxygen atoms in total. The molecule has 0 saturated carbocycles. The van der Waals surface area contributed by atoms with E-state index in [0.29, 0.717) is 17.4 Å². The van der Waals surface area contributed by atoms with Gasteiger partial charge in [-0.2, -0.15) is 0 Å². The first kappa shape index (κ1) is 10.3. The number of phenolic OH excluding ortho intramolecular Hbond substituents is 1. The highest BCUT2D eigenvalue weighted by atomic mass is 16.5. The van der Waals surface area contributed by atoms with E-state index in [2.05, 4.69) is 11.4 Å². The number of methoxy groups -OCH3 is 1. The van der Waals surface area contributed by atoms with E-state index in [-0.39, 0.29) is 0 Å². The molecule has 1 aromatic rings. The number of nitrogens with one attached hydrogen (secondary N) is 1. The fourth-order valence-electron chi connectivity index (χ4n) is 2.16. The van der Waals surface area contributed by atoms with Gasteiger partial charge in [0.25, 0.3) is 0 Å². The van der Waals surface area contributed by atoms with Gasteiger partial charge in [-0.15, -0.1) is 0 Å². The van der Waals surface area contributed by atoms with Crippen molar-refractivity contribution in [1.82, 2.24) is 5.32 Å². The van der Waals surface area contributed by atoms with Crippen LogP contribution in [-0.4, -0.2) is 25.3 Å². The van der Waals surface area contributed by atoms with Crippen molar-refractivity contribution in [3.8, 4) is 11.5 Å². The standard InChI is InChI=1S/C12H17NO2/c1-8-5-10(9-3-4-13-7-9)12(14)11(6-8)15-2/h5-6,9,13-14H,3-4,7H2,1-2H3. The molecule has 15 heavy (non-hydrogen) atoms. The molecular formula is C12H17NO2. The van der Waals surface area contributed by atoms with E-state index < -0.39 is 0 Å². The molecular weight excluding hydrogens is 190 g/mol. The Morgan fingerprint density at radius 1 is 1.47 bits per heavy atom. The van der Waals surface area contributed by atoms with E-state index in [1.807, 2.05) is 13.0 Å². The molecule has 1 aliphatic rings. The molecule has 1 atom stereocenters. The van der Waals surface area contributed by atoms with E-state index >= 15 is 0 Å². The SMILES string of the molecule is COc1cc(C)cc(C2CCNC2)c1O. The summed E-state index contributed by atoms with van der Waals surface area (Å²) in [4.78, 5) is 0. The number of aromatic hydroxyl groups is 1. The Hall–Kier alpha value is -1.22. The van der Waals surface area contributed by atoms with Gasteiger partial charge in [-0.05, 0) is 31.5 Å². The minimum atomic E-state index is 0.303. The summed E-state index contributed by atoms with van der Waals surface area (Å²) in [6.07, 6.45) is 1.08. The summed E-state index contributed by atoms with van der Waals surface area (Å²) in [6.45, 7) is 3.99. The maximum atomic E-state index is 10.0. The van der Waals surface area contributed by atoms with Crippen LogP contribution in [0.4, 0.5) is 0 Å². The lowest BCUT2D eigenvalue weighted by Gasteiger charge is -2.14. The summed E-state index contributed by atoms with van der Waals surface area (Å²) in [5.41, 5.74) is 2.14. The Balaban J connectivity index is 2.40. The summed E-state index contributed by atoms with van der Waals surface area (Å²) in [6, 6.07) is 3.91. The van der Waals surface area contributed by atoms with Gasteiger partial charge in [-0.1, -0.05) is 6.07 Å². The van der Waals surface area contributed by atoms with Crippen LogP contribution < -0.4 is 10.1 Å². The van der Waals surface area contributed by atoms with Crippen LogP contribution in [0.25, 0.3) is 0 Å². The van der Waals surface area contributed by atoms with Crippen molar-refractivity contribution in [2.75, 3.05) is 20.2 Å². The first-order valence-electron chi connectivity index (χ1n) is 5.30. The molecule has 1 aliphatic heterocycles. The Bertz CT molecular complexity index is 357. The van der Waals surface area contributed by atoms with Crippen LogP contribution in [-0.2, 0) is 0 Å². The van der Waals surface area contributed by atoms with Crippen LogP contribution in [0.2, 0.25) is 0 Å². The zero-order valence-corrected chi connectivity index (χ0v) is 9.21. The molecule has 0 radical (unpaired) electrons. The van der Waals surface area contributed by atoms with Crippen molar-refractivity contribution in [3.63, 3.8) is 0 Å². The maximum absolute atomic E-state index is 10.0. The highest BCUT2D eigenvalue weighted by Crippen LogP contribution is 2.37. The fourth-order valence-corrected chi connectivity index (χ4v) is 2.16. The van der Waals surface area contributed by atoms with Crippen LogP contribution in [0.5, 0.6) is 11.5 Å². The molecule has 1 unspecified atom stereocenters. The number of phenols is 1. The monoisotopic (exact) mass is 207 g/mol. The second kappa shape index (κ2) is 4.11. The number of benzene rings is 1. The predicted molar refractivity (Wildman–Crippen MR) is 59.6 cm³/mol. The van der Waals surface area contributed by atoms with Crippen molar-refractivity contribution < 1.29 is 9.84 Å². The number of rotatable bonds is 2. The van der Waals surface area contributed by atoms with E-state index in [9.17, 15) is 5.11 Å². The third-order valence-corrected chi connectivity index (χ3v) is 2.97. The Labute approximate surface area is 90.1 Å². The van der Waals surface area contributed by atoms with E-state index in [1.54, 1.807) is 7.11 Å². The van der Waals surface area contributed by atoms with Gasteiger partial charge in [-0.25, -0.2) is 0 Å². The number of ether oxygens (including phenoxy) is 1. The average molecular weight is 207 g/mol. The largest absolute Gasteiger partial charge is 0.504 e. The van der Waals surface area contributed by atoms with Crippen LogP contribution in [0.3, 0.4) is 0 Å². The first-order chi connectivity index (χ1) is 7.22. The first-order valence-corrected chi connectivity index (χ1v) is 5.30. The van der Waals surface area contributed by atoms with Crippen molar-refractivity contribution in [1.29, 1.82) is 0 Å². The summed E-state index contributed by atoms with van der Waals surface area (Å²) in [5.74, 6) is 1.30. The van der Waals surface area contributed by atoms with E-state index in [0.717, 1.165) is 30.6 Å². The predicted octanol–water partition coefficient (Wildman–Crippen LogP) is 1.79. The molecule has 1 saturated heterocycles. The Morgan fingerprint density at radius 2 is 2.27 bits per heavy atom. The number of hydrogen-bond acceptors (Lipinski definition) is 3. The smallest absolute Gasteiger partial charge is 0.161 e. The lowest BCUT2D eigenvalue weighted by atomic mass is 9.95. The fraction of sp³-hybridized carbons (Fsp3) is 0.500. The number of hydrogen-bond donors (Lipinski definition) is 2. The van der Waals surface area contributed by atoms with Crippen LogP contribution in [0, 0.1) is 6.92 Å². The van der Waals surface area contributed by atoms with Gasteiger partial charge < -0.3 is 15.2 Å². The van der Waals surface area contributed by atoms with Crippen molar-refractivity contribution in [3.05, 3.63) is 23.3 Å². The number of aryl methyl sites for hydroxylation is 1. The Morgan fingerprint density at radius 3 is 2.87 bits per heavy atom. The topological polar surface area (TPSA) is 41.5 Å². The van der Waals surface area contributed by atoms with Crippen LogP contribution >= 0.6 is 0 Å². The molecule has 2 N–H and O–H groups in total. The van der Waals surface area contributed by atoms with Gasteiger partial charge in [0.05, 0.1) is 7.11 Å². The van der Waals surface area contributed by atoms with Gasteiger partial charge in [0.15, 0.2) is 11.5 Å². The van der Waals surface area contributed by atoms with Crippen LogP contribution in [0.1, 0.15) is 23.5 Å². The third-order valence-electron chi connectivity index (χ3n) is 2.97. The summed E-state index contributed by atoms with van der Waals surface area (Å²) in [5, 5.41) is 13.3. The molecule has 0 bridgehead atoms. The minimum absolute atomic E-state index is 0.303. The average Bonchev–Trinajstić information content (AvgIpc) is 2.74. The van der Waals surface area contributed by atoms with Gasteiger partial charge in [-0.3, -0.25) is 0 Å². The normalized spacial score (nSPS) is 20.5. The quantitative estimate of drug-likeness (QED) is 0.776. The molecule has 82 valence electrons. The second-order valence-corrected chi connectivity index (χ2v) is 4.09. The zero-order valence-electron chi connectivity index (χ0n) is 9.21. The molecule has 1 heterocycles. The summed E-state index contributed by atoms with van der Waals surface area (Å²) in [7, 11) is 1.59. The molecule has 3 heteroatoms. The molecule has 1 aromatic carbocycles. The van der Waals surface area contributed by atoms with Crippen molar-refractivity contribution in [2.24, 2.45) is 0 Å². The second-order valence-electron chi connectivity index (χ2n) is 4.09. The van der Waals surface area contributed by atoms with Gasteiger partial charge in [0, 0.05) is 18.0 Å². The molecule has 0 aliphatic carbocycles. The van der Waals surface area contributed by atoms with Crippen LogP contribution in [0.15, 0.2) is 12.1 Å². The molecule has 0 amide bonds. The Kier molecular flexibility index (Phi) is 2.82. The molecule has 2 rings (SSSR count). The maximum Gasteiger partial charge on any atom is 0.161 e. The van der Waals surface area contributed by atoms with Gasteiger partial charge >= 0.3 is 0 Å². The van der Waals surface area contributed by atoms with Gasteiger partial charge in [0.2, 0.25) is 0 Å².